The number of methoxy groups -OCH3 is 1. The fourth-order valence-corrected chi connectivity index (χ4v) is 3.65. The van der Waals surface area contributed by atoms with Crippen molar-refractivity contribution < 1.29 is 4.74 Å². The standard InChI is InChI=1S/C24H33N3O.HI/c1-25-23(27-19-24(13-14-24)15-16-28-2)26-18-22(21-11-7-4-8-12-21)17-20-9-5-3-6-10-20;/h3-12,22H,13-19H2,1-2H3,(H2,25,26,27);1H. The topological polar surface area (TPSA) is 45.7 Å². The average molecular weight is 507 g/mol. The van der Waals surface area contributed by atoms with Crippen LogP contribution in [0.3, 0.4) is 0 Å². The zero-order valence-corrected chi connectivity index (χ0v) is 19.9. The normalized spacial score (nSPS) is 15.9. The van der Waals surface area contributed by atoms with Crippen LogP contribution in [0.5, 0.6) is 0 Å². The average Bonchev–Trinajstić information content (AvgIpc) is 3.53. The molecule has 1 unspecified atom stereocenters. The van der Waals surface area contributed by atoms with E-state index in [1.54, 1.807) is 7.11 Å². The lowest BCUT2D eigenvalue weighted by Gasteiger charge is -2.22. The minimum Gasteiger partial charge on any atom is -0.385 e. The van der Waals surface area contributed by atoms with E-state index < -0.39 is 0 Å². The Kier molecular flexibility index (Phi) is 9.94. The van der Waals surface area contributed by atoms with Crippen LogP contribution in [0.15, 0.2) is 65.7 Å². The summed E-state index contributed by atoms with van der Waals surface area (Å²) in [7, 11) is 3.62. The molecule has 1 saturated carbocycles. The summed E-state index contributed by atoms with van der Waals surface area (Å²) in [6, 6.07) is 21.4. The van der Waals surface area contributed by atoms with Gasteiger partial charge in [-0.15, -0.1) is 24.0 Å². The monoisotopic (exact) mass is 507 g/mol. The van der Waals surface area contributed by atoms with Crippen molar-refractivity contribution >= 4 is 29.9 Å². The van der Waals surface area contributed by atoms with Crippen molar-refractivity contribution in [3.05, 3.63) is 71.8 Å². The molecule has 0 radical (unpaired) electrons. The Morgan fingerprint density at radius 2 is 1.69 bits per heavy atom. The van der Waals surface area contributed by atoms with Crippen LogP contribution in [0.2, 0.25) is 0 Å². The summed E-state index contributed by atoms with van der Waals surface area (Å²) in [6.07, 6.45) is 4.68. The van der Waals surface area contributed by atoms with Crippen molar-refractivity contribution in [3.8, 4) is 0 Å². The van der Waals surface area contributed by atoms with Gasteiger partial charge < -0.3 is 15.4 Å². The Labute approximate surface area is 192 Å². The lowest BCUT2D eigenvalue weighted by molar-refractivity contribution is 0.172. The molecule has 0 spiro atoms. The minimum absolute atomic E-state index is 0. The first kappa shape index (κ1) is 23.7. The lowest BCUT2D eigenvalue weighted by Crippen LogP contribution is -2.42. The maximum absolute atomic E-state index is 5.26. The second-order valence-corrected chi connectivity index (χ2v) is 7.85. The molecule has 1 fully saturated rings. The molecular weight excluding hydrogens is 473 g/mol. The van der Waals surface area contributed by atoms with E-state index in [9.17, 15) is 0 Å². The van der Waals surface area contributed by atoms with Gasteiger partial charge in [0.15, 0.2) is 5.96 Å². The Hall–Kier alpha value is -1.60. The smallest absolute Gasteiger partial charge is 0.191 e. The summed E-state index contributed by atoms with van der Waals surface area (Å²) in [5, 5.41) is 7.09. The molecule has 158 valence electrons. The van der Waals surface area contributed by atoms with Crippen molar-refractivity contribution in [1.82, 2.24) is 10.6 Å². The van der Waals surface area contributed by atoms with E-state index in [-0.39, 0.29) is 24.0 Å². The number of guanidine groups is 1. The molecule has 29 heavy (non-hydrogen) atoms. The number of hydrogen-bond donors (Lipinski definition) is 2. The molecule has 1 aliphatic rings. The highest BCUT2D eigenvalue weighted by atomic mass is 127. The first-order chi connectivity index (χ1) is 13.7. The molecule has 0 aliphatic heterocycles. The van der Waals surface area contributed by atoms with Crippen LogP contribution in [-0.2, 0) is 11.2 Å². The summed E-state index contributed by atoms with van der Waals surface area (Å²) < 4.78 is 5.26. The molecule has 0 bridgehead atoms. The zero-order valence-electron chi connectivity index (χ0n) is 17.6. The number of benzene rings is 2. The Morgan fingerprint density at radius 3 is 2.28 bits per heavy atom. The van der Waals surface area contributed by atoms with E-state index in [2.05, 4.69) is 76.3 Å². The molecule has 0 heterocycles. The lowest BCUT2D eigenvalue weighted by atomic mass is 9.92. The summed E-state index contributed by atoms with van der Waals surface area (Å²) in [5.41, 5.74) is 3.11. The van der Waals surface area contributed by atoms with Gasteiger partial charge in [-0.25, -0.2) is 0 Å². The van der Waals surface area contributed by atoms with Crippen LogP contribution in [0, 0.1) is 5.41 Å². The molecule has 2 N–H and O–H groups in total. The fraction of sp³-hybridized carbons (Fsp3) is 0.458. The van der Waals surface area contributed by atoms with Crippen LogP contribution in [0.1, 0.15) is 36.3 Å². The predicted molar refractivity (Wildman–Crippen MR) is 132 cm³/mol. The first-order valence-corrected chi connectivity index (χ1v) is 10.3. The van der Waals surface area contributed by atoms with Gasteiger partial charge in [0, 0.05) is 39.8 Å². The number of halogens is 1. The molecule has 4 nitrogen and oxygen atoms in total. The van der Waals surface area contributed by atoms with Crippen LogP contribution in [-0.4, -0.2) is 39.8 Å². The maximum atomic E-state index is 5.26. The second kappa shape index (κ2) is 12.2. The van der Waals surface area contributed by atoms with E-state index in [0.29, 0.717) is 11.3 Å². The Balaban J connectivity index is 0.00000300. The molecule has 5 heteroatoms. The fourth-order valence-electron chi connectivity index (χ4n) is 3.65. The zero-order chi connectivity index (χ0) is 19.7. The second-order valence-electron chi connectivity index (χ2n) is 7.85. The highest BCUT2D eigenvalue weighted by Gasteiger charge is 2.41. The quantitative estimate of drug-likeness (QED) is 0.281. The molecule has 3 rings (SSSR count). The third kappa shape index (κ3) is 7.63. The summed E-state index contributed by atoms with van der Waals surface area (Å²) in [6.45, 7) is 2.65. The van der Waals surface area contributed by atoms with Gasteiger partial charge in [-0.3, -0.25) is 4.99 Å². The van der Waals surface area contributed by atoms with Crippen LogP contribution < -0.4 is 10.6 Å². The molecule has 0 aromatic heterocycles. The maximum Gasteiger partial charge on any atom is 0.191 e. The van der Waals surface area contributed by atoms with E-state index in [1.165, 1.54) is 24.0 Å². The Bertz CT molecular complexity index is 732. The van der Waals surface area contributed by atoms with Crippen molar-refractivity contribution in [1.29, 1.82) is 0 Å². The molecule has 2 aromatic rings. The highest BCUT2D eigenvalue weighted by Crippen LogP contribution is 2.48. The minimum atomic E-state index is 0. The van der Waals surface area contributed by atoms with Gasteiger partial charge in [-0.1, -0.05) is 60.7 Å². The predicted octanol–water partition coefficient (Wildman–Crippen LogP) is 4.61. The number of rotatable bonds is 10. The number of nitrogens with zero attached hydrogens (tertiary/aromatic N) is 1. The van der Waals surface area contributed by atoms with E-state index in [4.69, 9.17) is 4.74 Å². The third-order valence-electron chi connectivity index (χ3n) is 5.76. The van der Waals surface area contributed by atoms with Crippen LogP contribution >= 0.6 is 24.0 Å². The van der Waals surface area contributed by atoms with E-state index in [0.717, 1.165) is 38.5 Å². The number of nitrogens with one attached hydrogen (secondary N) is 2. The van der Waals surface area contributed by atoms with Gasteiger partial charge in [0.05, 0.1) is 0 Å². The molecule has 0 amide bonds. The van der Waals surface area contributed by atoms with Gasteiger partial charge in [-0.2, -0.15) is 0 Å². The van der Waals surface area contributed by atoms with Gasteiger partial charge in [0.1, 0.15) is 0 Å². The van der Waals surface area contributed by atoms with Crippen molar-refractivity contribution in [2.45, 2.75) is 31.6 Å². The molecule has 1 aliphatic carbocycles. The summed E-state index contributed by atoms with van der Waals surface area (Å²) in [4.78, 5) is 4.44. The highest BCUT2D eigenvalue weighted by molar-refractivity contribution is 14.0. The van der Waals surface area contributed by atoms with Crippen LogP contribution in [0.25, 0.3) is 0 Å². The van der Waals surface area contributed by atoms with Gasteiger partial charge in [0.2, 0.25) is 0 Å². The van der Waals surface area contributed by atoms with Gasteiger partial charge in [-0.05, 0) is 42.2 Å². The largest absolute Gasteiger partial charge is 0.385 e. The van der Waals surface area contributed by atoms with Crippen molar-refractivity contribution in [2.24, 2.45) is 10.4 Å². The first-order valence-electron chi connectivity index (χ1n) is 10.3. The van der Waals surface area contributed by atoms with Crippen molar-refractivity contribution in [2.75, 3.05) is 33.9 Å². The van der Waals surface area contributed by atoms with E-state index in [1.807, 2.05) is 7.05 Å². The SMILES string of the molecule is CN=C(NCC(Cc1ccccc1)c1ccccc1)NCC1(CCOC)CC1.I. The molecular formula is C24H34IN3O. The van der Waals surface area contributed by atoms with Crippen LogP contribution in [0.4, 0.5) is 0 Å². The Morgan fingerprint density at radius 1 is 1.03 bits per heavy atom. The molecule has 1 atom stereocenters. The third-order valence-corrected chi connectivity index (χ3v) is 5.76. The number of ether oxygens (including phenoxy) is 1. The molecule has 0 saturated heterocycles. The summed E-state index contributed by atoms with van der Waals surface area (Å²) in [5.74, 6) is 1.28. The summed E-state index contributed by atoms with van der Waals surface area (Å²) >= 11 is 0. The van der Waals surface area contributed by atoms with Gasteiger partial charge >= 0.3 is 0 Å². The molecule has 2 aromatic carbocycles. The number of hydrogen-bond acceptors (Lipinski definition) is 2. The number of aliphatic imine (C=N–C) groups is 1. The van der Waals surface area contributed by atoms with Crippen molar-refractivity contribution in [3.63, 3.8) is 0 Å². The van der Waals surface area contributed by atoms with E-state index >= 15 is 0 Å². The van der Waals surface area contributed by atoms with Gasteiger partial charge in [0.25, 0.3) is 0 Å².